The van der Waals surface area contributed by atoms with Gasteiger partial charge in [-0.15, -0.1) is 0 Å². The minimum absolute atomic E-state index is 0.141. The summed E-state index contributed by atoms with van der Waals surface area (Å²) in [5, 5.41) is 0. The molecule has 112 valence electrons. The summed E-state index contributed by atoms with van der Waals surface area (Å²) < 4.78 is 7.42. The molecule has 2 aromatic rings. The van der Waals surface area contributed by atoms with E-state index in [1.165, 1.54) is 0 Å². The van der Waals surface area contributed by atoms with Gasteiger partial charge in [-0.1, -0.05) is 6.92 Å². The van der Waals surface area contributed by atoms with Crippen LogP contribution in [0, 0.1) is 0 Å². The number of hydrogen-bond donors (Lipinski definition) is 1. The van der Waals surface area contributed by atoms with Crippen LogP contribution in [0.4, 0.5) is 11.9 Å². The molecule has 0 aromatic carbocycles. The summed E-state index contributed by atoms with van der Waals surface area (Å²) in [7, 11) is 0. The minimum atomic E-state index is 0.141. The molecule has 0 saturated carbocycles. The second-order valence-corrected chi connectivity index (χ2v) is 5.12. The zero-order chi connectivity index (χ0) is 14.8. The number of morpholine rings is 1. The Morgan fingerprint density at radius 3 is 2.86 bits per heavy atom. The second-order valence-electron chi connectivity index (χ2n) is 5.12. The quantitative estimate of drug-likeness (QED) is 0.886. The number of nitrogens with two attached hydrogens (primary N) is 1. The van der Waals surface area contributed by atoms with Gasteiger partial charge in [0, 0.05) is 18.9 Å². The molecule has 21 heavy (non-hydrogen) atoms. The maximum atomic E-state index is 5.84. The predicted molar refractivity (Wildman–Crippen MR) is 78.2 cm³/mol. The van der Waals surface area contributed by atoms with Crippen molar-refractivity contribution in [2.75, 3.05) is 23.8 Å². The van der Waals surface area contributed by atoms with E-state index < -0.39 is 0 Å². The van der Waals surface area contributed by atoms with Crippen LogP contribution in [-0.4, -0.2) is 49.8 Å². The monoisotopic (exact) mass is 289 g/mol. The molecule has 1 fully saturated rings. The molecule has 2 atom stereocenters. The van der Waals surface area contributed by atoms with Gasteiger partial charge in [-0.2, -0.15) is 15.0 Å². The molecule has 2 unspecified atom stereocenters. The Balaban J connectivity index is 1.97. The van der Waals surface area contributed by atoms with Crippen LogP contribution in [0.2, 0.25) is 0 Å². The number of ether oxygens (including phenoxy) is 1. The van der Waals surface area contributed by atoms with Gasteiger partial charge in [-0.25, -0.2) is 4.98 Å². The Morgan fingerprint density at radius 1 is 1.33 bits per heavy atom. The smallest absolute Gasteiger partial charge is 0.241 e. The van der Waals surface area contributed by atoms with Gasteiger partial charge in [0.15, 0.2) is 0 Å². The molecular formula is C13H19N7O. The number of aromatic nitrogens is 5. The highest BCUT2D eigenvalue weighted by atomic mass is 16.5. The third kappa shape index (κ3) is 2.80. The maximum Gasteiger partial charge on any atom is 0.241 e. The first kappa shape index (κ1) is 13.7. The number of nitrogens with zero attached hydrogens (tertiary/aromatic N) is 6. The fourth-order valence-corrected chi connectivity index (χ4v) is 2.42. The topological polar surface area (TPSA) is 95.0 Å². The molecule has 1 saturated heterocycles. The van der Waals surface area contributed by atoms with Crippen molar-refractivity contribution in [1.29, 1.82) is 0 Å². The lowest BCUT2D eigenvalue weighted by Gasteiger charge is -2.38. The van der Waals surface area contributed by atoms with Crippen LogP contribution in [-0.2, 0) is 4.74 Å². The zero-order valence-electron chi connectivity index (χ0n) is 12.2. The molecular weight excluding hydrogens is 270 g/mol. The average Bonchev–Trinajstić information content (AvgIpc) is 3.01. The van der Waals surface area contributed by atoms with E-state index in [-0.39, 0.29) is 18.1 Å². The van der Waals surface area contributed by atoms with E-state index in [9.17, 15) is 0 Å². The number of nitrogen functional groups attached to an aromatic ring is 1. The molecule has 2 N–H and O–H groups in total. The lowest BCUT2D eigenvalue weighted by Crippen LogP contribution is -2.49. The molecule has 0 bridgehead atoms. The lowest BCUT2D eigenvalue weighted by atomic mass is 10.1. The van der Waals surface area contributed by atoms with Crippen LogP contribution in [0.3, 0.4) is 0 Å². The van der Waals surface area contributed by atoms with Crippen molar-refractivity contribution in [3.8, 4) is 5.95 Å². The summed E-state index contributed by atoms with van der Waals surface area (Å²) in [6, 6.07) is 0.249. The fraction of sp³-hybridized carbons (Fsp3) is 0.538. The van der Waals surface area contributed by atoms with Crippen LogP contribution < -0.4 is 10.6 Å². The Morgan fingerprint density at radius 2 is 2.14 bits per heavy atom. The van der Waals surface area contributed by atoms with E-state index in [0.29, 0.717) is 18.5 Å². The lowest BCUT2D eigenvalue weighted by molar-refractivity contribution is 0.0292. The van der Waals surface area contributed by atoms with Crippen LogP contribution in [0.5, 0.6) is 0 Å². The Kier molecular flexibility index (Phi) is 3.70. The first-order chi connectivity index (χ1) is 10.2. The summed E-state index contributed by atoms with van der Waals surface area (Å²) in [5.41, 5.74) is 5.84. The van der Waals surface area contributed by atoms with E-state index in [0.717, 1.165) is 13.0 Å². The zero-order valence-corrected chi connectivity index (χ0v) is 12.2. The van der Waals surface area contributed by atoms with Gasteiger partial charge >= 0.3 is 0 Å². The molecule has 8 heteroatoms. The van der Waals surface area contributed by atoms with Gasteiger partial charge in [0.25, 0.3) is 0 Å². The summed E-state index contributed by atoms with van der Waals surface area (Å²) in [6.45, 7) is 5.58. The Labute approximate surface area is 123 Å². The largest absolute Gasteiger partial charge is 0.375 e. The van der Waals surface area contributed by atoms with Crippen LogP contribution in [0.25, 0.3) is 5.95 Å². The fourth-order valence-electron chi connectivity index (χ4n) is 2.42. The van der Waals surface area contributed by atoms with Gasteiger partial charge < -0.3 is 15.4 Å². The molecule has 0 aliphatic carbocycles. The highest BCUT2D eigenvalue weighted by molar-refractivity contribution is 5.39. The van der Waals surface area contributed by atoms with Crippen molar-refractivity contribution in [2.45, 2.75) is 32.4 Å². The van der Waals surface area contributed by atoms with E-state index in [2.05, 4.69) is 31.8 Å². The van der Waals surface area contributed by atoms with E-state index in [1.54, 1.807) is 23.3 Å². The Bertz CT molecular complexity index is 601. The summed E-state index contributed by atoms with van der Waals surface area (Å²) in [4.78, 5) is 19.1. The van der Waals surface area contributed by atoms with Crippen molar-refractivity contribution >= 4 is 11.9 Å². The maximum absolute atomic E-state index is 5.84. The molecule has 0 amide bonds. The van der Waals surface area contributed by atoms with Gasteiger partial charge in [0.1, 0.15) is 6.33 Å². The van der Waals surface area contributed by atoms with Crippen molar-refractivity contribution in [1.82, 2.24) is 24.5 Å². The summed E-state index contributed by atoms with van der Waals surface area (Å²) in [5.74, 6) is 1.27. The van der Waals surface area contributed by atoms with E-state index in [1.807, 2.05) is 6.92 Å². The third-order valence-electron chi connectivity index (χ3n) is 3.56. The molecule has 2 aromatic heterocycles. The molecule has 0 radical (unpaired) electrons. The van der Waals surface area contributed by atoms with Gasteiger partial charge in [0.05, 0.1) is 18.8 Å². The molecule has 3 heterocycles. The number of hydrogen-bond acceptors (Lipinski definition) is 7. The summed E-state index contributed by atoms with van der Waals surface area (Å²) in [6.07, 6.45) is 6.18. The second kappa shape index (κ2) is 5.65. The number of rotatable bonds is 3. The normalized spacial score (nSPS) is 22.5. The van der Waals surface area contributed by atoms with Crippen molar-refractivity contribution < 1.29 is 4.74 Å². The highest BCUT2D eigenvalue weighted by Gasteiger charge is 2.28. The van der Waals surface area contributed by atoms with Crippen LogP contribution in [0.15, 0.2) is 18.7 Å². The SMILES string of the molecule is CCC1COC(C)CN1c1nc(N)nc(-n2ccnc2)n1. The first-order valence-electron chi connectivity index (χ1n) is 7.05. The van der Waals surface area contributed by atoms with Gasteiger partial charge in [-0.05, 0) is 13.3 Å². The standard InChI is InChI=1S/C13H19N7O/c1-3-10-7-21-9(2)6-20(10)13-17-11(14)16-12(18-13)19-5-4-15-8-19/h4-5,8-10H,3,6-7H2,1-2H3,(H2,14,16,17,18). The Hall–Kier alpha value is -2.22. The van der Waals surface area contributed by atoms with Crippen LogP contribution in [0.1, 0.15) is 20.3 Å². The van der Waals surface area contributed by atoms with Crippen molar-refractivity contribution in [3.05, 3.63) is 18.7 Å². The molecule has 3 rings (SSSR count). The van der Waals surface area contributed by atoms with Crippen molar-refractivity contribution in [2.24, 2.45) is 0 Å². The molecule has 0 spiro atoms. The number of anilines is 2. The van der Waals surface area contributed by atoms with Gasteiger partial charge in [-0.3, -0.25) is 4.57 Å². The predicted octanol–water partition coefficient (Wildman–Crippen LogP) is 0.643. The molecule has 8 nitrogen and oxygen atoms in total. The van der Waals surface area contributed by atoms with E-state index in [4.69, 9.17) is 10.5 Å². The molecule has 1 aliphatic rings. The number of imidazole rings is 1. The molecule has 1 aliphatic heterocycles. The average molecular weight is 289 g/mol. The third-order valence-corrected chi connectivity index (χ3v) is 3.56. The first-order valence-corrected chi connectivity index (χ1v) is 7.05. The van der Waals surface area contributed by atoms with E-state index >= 15 is 0 Å². The van der Waals surface area contributed by atoms with Crippen molar-refractivity contribution in [3.63, 3.8) is 0 Å². The van der Waals surface area contributed by atoms with Crippen LogP contribution >= 0.6 is 0 Å². The highest BCUT2D eigenvalue weighted by Crippen LogP contribution is 2.21. The van der Waals surface area contributed by atoms with Gasteiger partial charge in [0.2, 0.25) is 17.8 Å². The minimum Gasteiger partial charge on any atom is -0.375 e. The summed E-state index contributed by atoms with van der Waals surface area (Å²) >= 11 is 0.